The SMILES string of the molecule is CC(C)c1cc(C(F)(F)F)n2nc([C@H]3CCN(C(=O)c4cnc(N(C)C)nc4)C3)cc2n1. The molecule has 0 spiro atoms. The molecule has 0 unspecified atom stereocenters. The molecule has 0 bridgehead atoms. The zero-order valence-corrected chi connectivity index (χ0v) is 18.3. The molecule has 1 atom stereocenters. The second kappa shape index (κ2) is 8.03. The number of fused-ring (bicyclic) bond motifs is 1. The van der Waals surface area contributed by atoms with Crippen LogP contribution in [0.5, 0.6) is 0 Å². The van der Waals surface area contributed by atoms with Crippen LogP contribution in [0.4, 0.5) is 19.1 Å². The van der Waals surface area contributed by atoms with E-state index in [2.05, 4.69) is 20.1 Å². The number of aromatic nitrogens is 5. The van der Waals surface area contributed by atoms with Gasteiger partial charge in [0, 0.05) is 57.3 Å². The summed E-state index contributed by atoms with van der Waals surface area (Å²) in [5.41, 5.74) is 0.547. The minimum Gasteiger partial charge on any atom is -0.347 e. The molecule has 3 aromatic rings. The van der Waals surface area contributed by atoms with Crippen LogP contribution in [-0.4, -0.2) is 62.6 Å². The van der Waals surface area contributed by atoms with Gasteiger partial charge in [-0.2, -0.15) is 18.3 Å². The highest BCUT2D eigenvalue weighted by molar-refractivity contribution is 5.94. The third kappa shape index (κ3) is 4.11. The summed E-state index contributed by atoms with van der Waals surface area (Å²) in [5.74, 6) is -0.0385. The molecule has 0 N–H and O–H groups in total. The molecule has 0 aliphatic carbocycles. The number of alkyl halides is 3. The minimum atomic E-state index is -4.55. The van der Waals surface area contributed by atoms with Crippen LogP contribution in [0.2, 0.25) is 0 Å². The molecule has 1 fully saturated rings. The lowest BCUT2D eigenvalue weighted by Crippen LogP contribution is -2.29. The molecule has 4 rings (SSSR count). The summed E-state index contributed by atoms with van der Waals surface area (Å²) in [7, 11) is 3.61. The zero-order valence-electron chi connectivity index (χ0n) is 18.3. The maximum Gasteiger partial charge on any atom is 0.433 e. The Kier molecular flexibility index (Phi) is 5.51. The number of amides is 1. The van der Waals surface area contributed by atoms with Gasteiger partial charge in [-0.3, -0.25) is 4.79 Å². The number of likely N-dealkylation sites (tertiary alicyclic amines) is 1. The molecule has 8 nitrogen and oxygen atoms in total. The molecule has 170 valence electrons. The standard InChI is InChI=1S/C21H24F3N7O/c1-12(2)15-7-17(21(22,23)24)31-18(27-15)8-16(28-31)13-5-6-30(11-13)19(32)14-9-25-20(26-10-14)29(3)4/h7-10,12-13H,5-6,11H2,1-4H3/t13-/m0/s1. The predicted molar refractivity (Wildman–Crippen MR) is 112 cm³/mol. The molecule has 0 saturated carbocycles. The number of anilines is 1. The van der Waals surface area contributed by atoms with Crippen LogP contribution in [0.3, 0.4) is 0 Å². The number of hydrogen-bond acceptors (Lipinski definition) is 6. The number of hydrogen-bond donors (Lipinski definition) is 0. The number of rotatable bonds is 4. The van der Waals surface area contributed by atoms with Gasteiger partial charge in [-0.25, -0.2) is 19.5 Å². The number of nitrogens with zero attached hydrogens (tertiary/aromatic N) is 7. The van der Waals surface area contributed by atoms with E-state index in [1.54, 1.807) is 43.8 Å². The van der Waals surface area contributed by atoms with Gasteiger partial charge in [0.2, 0.25) is 5.95 Å². The van der Waals surface area contributed by atoms with E-state index in [9.17, 15) is 18.0 Å². The van der Waals surface area contributed by atoms with Crippen LogP contribution in [-0.2, 0) is 6.18 Å². The summed E-state index contributed by atoms with van der Waals surface area (Å²) < 4.78 is 41.7. The molecule has 3 aromatic heterocycles. The Bertz CT molecular complexity index is 1140. The first-order valence-electron chi connectivity index (χ1n) is 10.3. The van der Waals surface area contributed by atoms with E-state index in [-0.39, 0.29) is 23.4 Å². The maximum absolute atomic E-state index is 13.6. The van der Waals surface area contributed by atoms with E-state index < -0.39 is 11.9 Å². The minimum absolute atomic E-state index is 0.153. The average Bonchev–Trinajstić information content (AvgIpc) is 3.38. The van der Waals surface area contributed by atoms with Crippen LogP contribution >= 0.6 is 0 Å². The Morgan fingerprint density at radius 3 is 2.47 bits per heavy atom. The predicted octanol–water partition coefficient (Wildman–Crippen LogP) is 3.36. The summed E-state index contributed by atoms with van der Waals surface area (Å²) in [6.45, 7) is 4.43. The van der Waals surface area contributed by atoms with E-state index >= 15 is 0 Å². The van der Waals surface area contributed by atoms with Crippen molar-refractivity contribution < 1.29 is 18.0 Å². The third-order valence-electron chi connectivity index (χ3n) is 5.53. The van der Waals surface area contributed by atoms with E-state index in [1.165, 1.54) is 12.4 Å². The third-order valence-corrected chi connectivity index (χ3v) is 5.53. The van der Waals surface area contributed by atoms with Gasteiger partial charge in [0.1, 0.15) is 5.69 Å². The smallest absolute Gasteiger partial charge is 0.347 e. The summed E-state index contributed by atoms with van der Waals surface area (Å²) in [6, 6.07) is 2.64. The Labute approximate surface area is 183 Å². The molecule has 1 aliphatic rings. The van der Waals surface area contributed by atoms with Crippen molar-refractivity contribution in [1.82, 2.24) is 29.5 Å². The maximum atomic E-state index is 13.6. The lowest BCUT2D eigenvalue weighted by molar-refractivity contribution is -0.142. The van der Waals surface area contributed by atoms with Crippen LogP contribution in [0, 0.1) is 0 Å². The Hall–Kier alpha value is -3.24. The second-order valence-corrected chi connectivity index (χ2v) is 8.46. The van der Waals surface area contributed by atoms with E-state index in [0.717, 1.165) is 10.6 Å². The zero-order chi connectivity index (χ0) is 23.2. The van der Waals surface area contributed by atoms with Crippen molar-refractivity contribution in [3.05, 3.63) is 47.2 Å². The van der Waals surface area contributed by atoms with Crippen LogP contribution in [0.1, 0.15) is 59.5 Å². The molecule has 11 heteroatoms. The Balaban J connectivity index is 1.58. The highest BCUT2D eigenvalue weighted by atomic mass is 19.4. The topological polar surface area (TPSA) is 79.5 Å². The van der Waals surface area contributed by atoms with Crippen LogP contribution in [0.15, 0.2) is 24.5 Å². The van der Waals surface area contributed by atoms with Gasteiger partial charge in [-0.05, 0) is 18.4 Å². The normalized spacial score (nSPS) is 16.9. The monoisotopic (exact) mass is 447 g/mol. The highest BCUT2D eigenvalue weighted by Crippen LogP contribution is 2.33. The number of carbonyl (C=O) groups excluding carboxylic acids is 1. The molecule has 1 aliphatic heterocycles. The van der Waals surface area contributed by atoms with Gasteiger partial charge in [0.05, 0.1) is 11.3 Å². The summed E-state index contributed by atoms with van der Waals surface area (Å²) in [4.78, 5) is 28.9. The Morgan fingerprint density at radius 2 is 1.88 bits per heavy atom. The first-order chi connectivity index (χ1) is 15.0. The van der Waals surface area contributed by atoms with Gasteiger partial charge in [-0.15, -0.1) is 0 Å². The first kappa shape index (κ1) is 22.0. The van der Waals surface area contributed by atoms with Crippen molar-refractivity contribution in [3.63, 3.8) is 0 Å². The molecule has 0 radical (unpaired) electrons. The van der Waals surface area contributed by atoms with Gasteiger partial charge >= 0.3 is 6.18 Å². The van der Waals surface area contributed by atoms with Crippen molar-refractivity contribution in [3.8, 4) is 0 Å². The van der Waals surface area contributed by atoms with Gasteiger partial charge < -0.3 is 9.80 Å². The lowest BCUT2D eigenvalue weighted by atomic mass is 10.1. The van der Waals surface area contributed by atoms with Crippen molar-refractivity contribution >= 4 is 17.5 Å². The fourth-order valence-corrected chi connectivity index (χ4v) is 3.74. The van der Waals surface area contributed by atoms with E-state index in [0.29, 0.717) is 42.4 Å². The van der Waals surface area contributed by atoms with Crippen LogP contribution < -0.4 is 4.90 Å². The van der Waals surface area contributed by atoms with Gasteiger partial charge in [0.15, 0.2) is 5.65 Å². The van der Waals surface area contributed by atoms with E-state index in [4.69, 9.17) is 0 Å². The highest BCUT2D eigenvalue weighted by Gasteiger charge is 2.36. The van der Waals surface area contributed by atoms with Crippen LogP contribution in [0.25, 0.3) is 5.65 Å². The van der Waals surface area contributed by atoms with Gasteiger partial charge in [-0.1, -0.05) is 13.8 Å². The van der Waals surface area contributed by atoms with Crippen molar-refractivity contribution in [2.24, 2.45) is 0 Å². The number of carbonyl (C=O) groups is 1. The molecule has 1 saturated heterocycles. The van der Waals surface area contributed by atoms with Crippen molar-refractivity contribution in [2.75, 3.05) is 32.1 Å². The quantitative estimate of drug-likeness (QED) is 0.610. The fraction of sp³-hybridized carbons (Fsp3) is 0.476. The summed E-state index contributed by atoms with van der Waals surface area (Å²) in [6.07, 6.45) is -0.985. The molecule has 1 amide bonds. The number of halogens is 3. The molecular formula is C21H24F3N7O. The summed E-state index contributed by atoms with van der Waals surface area (Å²) >= 11 is 0. The second-order valence-electron chi connectivity index (χ2n) is 8.46. The van der Waals surface area contributed by atoms with E-state index in [1.807, 2.05) is 0 Å². The average molecular weight is 447 g/mol. The molecule has 4 heterocycles. The molecule has 0 aromatic carbocycles. The first-order valence-corrected chi connectivity index (χ1v) is 10.3. The molecular weight excluding hydrogens is 423 g/mol. The molecule has 32 heavy (non-hydrogen) atoms. The fourth-order valence-electron chi connectivity index (χ4n) is 3.74. The Morgan fingerprint density at radius 1 is 1.19 bits per heavy atom. The lowest BCUT2D eigenvalue weighted by Gasteiger charge is -2.16. The summed E-state index contributed by atoms with van der Waals surface area (Å²) in [5, 5.41) is 4.23. The van der Waals surface area contributed by atoms with Crippen molar-refractivity contribution in [1.29, 1.82) is 0 Å². The largest absolute Gasteiger partial charge is 0.433 e. The van der Waals surface area contributed by atoms with Gasteiger partial charge in [0.25, 0.3) is 5.91 Å². The van der Waals surface area contributed by atoms with Crippen molar-refractivity contribution in [2.45, 2.75) is 38.3 Å².